The molecule has 15 heavy (non-hydrogen) atoms. The van der Waals surface area contributed by atoms with E-state index in [2.05, 4.69) is 4.40 Å². The minimum Gasteiger partial charge on any atom is -0.325 e. The van der Waals surface area contributed by atoms with Crippen LogP contribution in [-0.4, -0.2) is 12.4 Å². The highest BCUT2D eigenvalue weighted by atomic mass is 32.2. The van der Waals surface area contributed by atoms with E-state index in [1.807, 2.05) is 0 Å². The van der Waals surface area contributed by atoms with Crippen molar-refractivity contribution in [1.29, 1.82) is 0 Å². The molecule has 0 N–H and O–H groups in total. The van der Waals surface area contributed by atoms with Crippen LogP contribution in [0.4, 0.5) is 14.5 Å². The van der Waals surface area contributed by atoms with E-state index < -0.39 is 11.6 Å². The van der Waals surface area contributed by atoms with Gasteiger partial charge in [-0.2, -0.15) is 0 Å². The highest BCUT2D eigenvalue weighted by Gasteiger charge is 2.33. The number of nitrogens with zero attached hydrogens (tertiary/aromatic N) is 2. The van der Waals surface area contributed by atoms with Crippen LogP contribution in [0.3, 0.4) is 0 Å². The molecule has 0 atom stereocenters. The third kappa shape index (κ3) is 1.42. The molecule has 78 valence electrons. The lowest BCUT2D eigenvalue weighted by Gasteiger charge is -2.24. The van der Waals surface area contributed by atoms with E-state index in [9.17, 15) is 8.78 Å². The molecule has 5 heteroatoms. The molecule has 2 aliphatic rings. The largest absolute Gasteiger partial charge is 0.325 e. The average molecular weight is 226 g/mol. The number of rotatable bonds is 1. The molecule has 1 aromatic carbocycles. The minimum atomic E-state index is -0.796. The van der Waals surface area contributed by atoms with Crippen molar-refractivity contribution in [1.82, 2.24) is 0 Å². The first-order valence-corrected chi connectivity index (χ1v) is 5.51. The van der Waals surface area contributed by atoms with Crippen molar-refractivity contribution < 1.29 is 8.78 Å². The molecule has 0 aromatic heterocycles. The fourth-order valence-electron chi connectivity index (χ4n) is 1.65. The average Bonchev–Trinajstić information content (AvgIpc) is 3.06. The van der Waals surface area contributed by atoms with Gasteiger partial charge in [-0.05, 0) is 25.0 Å². The number of benzene rings is 1. The van der Waals surface area contributed by atoms with Gasteiger partial charge in [0.05, 0.1) is 10.6 Å². The number of fused-ring (bicyclic) bond motifs is 1. The molecule has 0 amide bonds. The summed E-state index contributed by atoms with van der Waals surface area (Å²) in [5, 5.41) is 0. The summed E-state index contributed by atoms with van der Waals surface area (Å²) in [6, 6.07) is 3.02. The minimum absolute atomic E-state index is 0.296. The fourth-order valence-corrected chi connectivity index (χ4v) is 2.33. The van der Waals surface area contributed by atoms with Crippen LogP contribution in [-0.2, 0) is 0 Å². The van der Waals surface area contributed by atoms with E-state index in [1.165, 1.54) is 11.9 Å². The van der Waals surface area contributed by atoms with Gasteiger partial charge in [0.25, 0.3) is 0 Å². The molecule has 3 rings (SSSR count). The van der Waals surface area contributed by atoms with Crippen molar-refractivity contribution in [2.24, 2.45) is 4.40 Å². The lowest BCUT2D eigenvalue weighted by Crippen LogP contribution is -2.27. The Bertz CT molecular complexity index is 443. The van der Waals surface area contributed by atoms with Crippen molar-refractivity contribution >= 4 is 24.0 Å². The van der Waals surface area contributed by atoms with Crippen LogP contribution in [0.2, 0.25) is 0 Å². The van der Waals surface area contributed by atoms with E-state index in [4.69, 9.17) is 0 Å². The third-order valence-electron chi connectivity index (χ3n) is 2.55. The molecule has 1 aliphatic carbocycles. The van der Waals surface area contributed by atoms with Gasteiger partial charge in [0.2, 0.25) is 0 Å². The maximum absolute atomic E-state index is 13.6. The van der Waals surface area contributed by atoms with Crippen molar-refractivity contribution in [2.75, 3.05) is 4.90 Å². The molecule has 1 saturated carbocycles. The Balaban J connectivity index is 2.14. The zero-order valence-electron chi connectivity index (χ0n) is 7.78. The summed E-state index contributed by atoms with van der Waals surface area (Å²) in [4.78, 5) is 2.42. The Morgan fingerprint density at radius 2 is 2.13 bits per heavy atom. The van der Waals surface area contributed by atoms with E-state index in [0.717, 1.165) is 18.9 Å². The second-order valence-corrected chi connectivity index (χ2v) is 4.49. The SMILES string of the molecule is Fc1ccc2c(c1F)N(C1CC1)C=NS2. The van der Waals surface area contributed by atoms with Crippen LogP contribution in [0.15, 0.2) is 21.4 Å². The van der Waals surface area contributed by atoms with Gasteiger partial charge in [-0.15, -0.1) is 0 Å². The first-order chi connectivity index (χ1) is 7.27. The van der Waals surface area contributed by atoms with Crippen LogP contribution in [0.5, 0.6) is 0 Å². The molecule has 0 bridgehead atoms. The van der Waals surface area contributed by atoms with Gasteiger partial charge in [-0.1, -0.05) is 0 Å². The van der Waals surface area contributed by atoms with Crippen LogP contribution < -0.4 is 4.90 Å². The molecule has 0 radical (unpaired) electrons. The summed E-state index contributed by atoms with van der Waals surface area (Å²) in [7, 11) is 0. The molecule has 1 heterocycles. The highest BCUT2D eigenvalue weighted by molar-refractivity contribution is 7.98. The summed E-state index contributed by atoms with van der Waals surface area (Å²) < 4.78 is 30.8. The number of halogens is 2. The van der Waals surface area contributed by atoms with E-state index in [1.54, 1.807) is 17.3 Å². The van der Waals surface area contributed by atoms with Gasteiger partial charge in [0, 0.05) is 18.0 Å². The second kappa shape index (κ2) is 3.20. The molecule has 0 saturated heterocycles. The normalized spacial score (nSPS) is 19.2. The number of anilines is 1. The number of hydrogen-bond acceptors (Lipinski definition) is 3. The van der Waals surface area contributed by atoms with Gasteiger partial charge >= 0.3 is 0 Å². The Hall–Kier alpha value is -1.10. The Kier molecular flexibility index (Phi) is 1.95. The predicted molar refractivity (Wildman–Crippen MR) is 56.2 cm³/mol. The molecule has 1 fully saturated rings. The molecule has 2 nitrogen and oxygen atoms in total. The molecule has 1 aromatic rings. The Morgan fingerprint density at radius 3 is 2.87 bits per heavy atom. The summed E-state index contributed by atoms with van der Waals surface area (Å²) in [5.74, 6) is -1.56. The molecule has 0 unspecified atom stereocenters. The quantitative estimate of drug-likeness (QED) is 0.684. The second-order valence-electron chi connectivity index (χ2n) is 3.66. The lowest BCUT2D eigenvalue weighted by molar-refractivity contribution is 0.506. The van der Waals surface area contributed by atoms with Crippen molar-refractivity contribution in [3.8, 4) is 0 Å². The van der Waals surface area contributed by atoms with Crippen LogP contribution >= 0.6 is 11.9 Å². The Morgan fingerprint density at radius 1 is 1.33 bits per heavy atom. The highest BCUT2D eigenvalue weighted by Crippen LogP contribution is 2.41. The van der Waals surface area contributed by atoms with E-state index in [-0.39, 0.29) is 0 Å². The van der Waals surface area contributed by atoms with E-state index in [0.29, 0.717) is 16.6 Å². The maximum atomic E-state index is 13.6. The van der Waals surface area contributed by atoms with E-state index >= 15 is 0 Å². The zero-order valence-corrected chi connectivity index (χ0v) is 8.60. The van der Waals surface area contributed by atoms with Gasteiger partial charge in [0.15, 0.2) is 11.6 Å². The molecular weight excluding hydrogens is 218 g/mol. The Labute approximate surface area is 90.1 Å². The smallest absolute Gasteiger partial charge is 0.183 e. The van der Waals surface area contributed by atoms with Gasteiger partial charge < -0.3 is 4.90 Å². The molecule has 1 aliphatic heterocycles. The van der Waals surface area contributed by atoms with Crippen molar-refractivity contribution in [2.45, 2.75) is 23.8 Å². The standard InChI is InChI=1S/C10H8F2N2S/c11-7-3-4-8-10(9(7)12)14(5-13-15-8)6-1-2-6/h3-6H,1-2H2. The summed E-state index contributed by atoms with van der Waals surface area (Å²) in [5.41, 5.74) is 0.345. The monoisotopic (exact) mass is 226 g/mol. The summed E-state index contributed by atoms with van der Waals surface area (Å²) >= 11 is 1.18. The van der Waals surface area contributed by atoms with Crippen LogP contribution in [0.25, 0.3) is 0 Å². The fraction of sp³-hybridized carbons (Fsp3) is 0.300. The van der Waals surface area contributed by atoms with Crippen LogP contribution in [0.1, 0.15) is 12.8 Å². The third-order valence-corrected chi connectivity index (χ3v) is 3.28. The number of hydrogen-bond donors (Lipinski definition) is 0. The maximum Gasteiger partial charge on any atom is 0.183 e. The van der Waals surface area contributed by atoms with Crippen LogP contribution in [0, 0.1) is 11.6 Å². The first-order valence-electron chi connectivity index (χ1n) is 4.74. The topological polar surface area (TPSA) is 15.6 Å². The van der Waals surface area contributed by atoms with Gasteiger partial charge in [-0.25, -0.2) is 13.2 Å². The van der Waals surface area contributed by atoms with Crippen molar-refractivity contribution in [3.63, 3.8) is 0 Å². The van der Waals surface area contributed by atoms with Crippen molar-refractivity contribution in [3.05, 3.63) is 23.8 Å². The molecular formula is C10H8F2N2S. The lowest BCUT2D eigenvalue weighted by atomic mass is 10.2. The molecule has 0 spiro atoms. The predicted octanol–water partition coefficient (Wildman–Crippen LogP) is 2.98. The summed E-state index contributed by atoms with van der Waals surface area (Å²) in [6.07, 6.45) is 3.63. The van der Waals surface area contributed by atoms with Gasteiger partial charge in [0.1, 0.15) is 6.34 Å². The summed E-state index contributed by atoms with van der Waals surface area (Å²) in [6.45, 7) is 0. The first kappa shape index (κ1) is 9.15. The van der Waals surface area contributed by atoms with Gasteiger partial charge in [-0.3, -0.25) is 0 Å². The zero-order chi connectivity index (χ0) is 10.4.